The van der Waals surface area contributed by atoms with E-state index in [9.17, 15) is 0 Å². The van der Waals surface area contributed by atoms with E-state index in [0.717, 1.165) is 213 Å². The van der Waals surface area contributed by atoms with E-state index in [1.165, 1.54) is 96.8 Å². The van der Waals surface area contributed by atoms with Crippen LogP contribution >= 0.6 is 0 Å². The first-order valence-corrected chi connectivity index (χ1v) is 44.3. The summed E-state index contributed by atoms with van der Waals surface area (Å²) in [5.41, 5.74) is 6.92. The third-order valence-corrected chi connectivity index (χ3v) is 31.7. The topological polar surface area (TPSA) is 15.7 Å². The lowest BCUT2D eigenvalue weighted by molar-refractivity contribution is -0.0712. The number of rotatable bonds is 14. The fourth-order valence-corrected chi connectivity index (χ4v) is 28.5. The highest BCUT2D eigenvalue weighted by Gasteiger charge is 2.74. The first kappa shape index (κ1) is 80.6. The number of fused-ring (bicyclic) bond motifs is 16. The van der Waals surface area contributed by atoms with E-state index in [4.69, 9.17) is 4.74 Å². The van der Waals surface area contributed by atoms with Crippen molar-refractivity contribution >= 4 is 0 Å². The minimum atomic E-state index is 0.344. The molecule has 5 saturated heterocycles. The number of allylic oxidation sites excluding steroid dienone is 2. The van der Waals surface area contributed by atoms with Gasteiger partial charge in [0.1, 0.15) is 0 Å². The Kier molecular flexibility index (Phi) is 27.1. The van der Waals surface area contributed by atoms with Gasteiger partial charge in [0.05, 0.1) is 12.2 Å². The van der Waals surface area contributed by atoms with Gasteiger partial charge in [0.25, 0.3) is 0 Å². The normalized spacial score (nSPS) is 40.4. The highest BCUT2D eigenvalue weighted by Crippen LogP contribution is 2.80. The van der Waals surface area contributed by atoms with Gasteiger partial charge in [-0.2, -0.15) is 0 Å². The van der Waals surface area contributed by atoms with Gasteiger partial charge >= 0.3 is 0 Å². The van der Waals surface area contributed by atoms with Crippen molar-refractivity contribution in [2.24, 2.45) is 189 Å². The second-order valence-electron chi connectivity index (χ2n) is 41.9. The molecule has 13 fully saturated rings. The lowest BCUT2D eigenvalue weighted by Gasteiger charge is -2.59. The van der Waals surface area contributed by atoms with E-state index in [-0.39, 0.29) is 0 Å². The summed E-state index contributed by atoms with van der Waals surface area (Å²) in [6.07, 6.45) is 24.0. The second kappa shape index (κ2) is 33.7. The molecule has 10 bridgehead atoms. The molecule has 0 amide bonds. The molecular formula is C97H164N2O. The van der Waals surface area contributed by atoms with Gasteiger partial charge in [0.15, 0.2) is 0 Å². The fraction of sp³-hybridized carbons (Fsp3) is 0.856. The van der Waals surface area contributed by atoms with Crippen LogP contribution in [-0.4, -0.2) is 60.3 Å². The molecule has 2 aromatic rings. The van der Waals surface area contributed by atoms with Crippen molar-refractivity contribution in [3.8, 4) is 0 Å². The van der Waals surface area contributed by atoms with Crippen LogP contribution < -0.4 is 0 Å². The lowest BCUT2D eigenvalue weighted by Crippen LogP contribution is -2.69. The molecule has 568 valence electrons. The Morgan fingerprint density at radius 1 is 0.290 bits per heavy atom. The maximum absolute atomic E-state index is 6.02. The van der Waals surface area contributed by atoms with E-state index >= 15 is 0 Å². The van der Waals surface area contributed by atoms with Crippen molar-refractivity contribution in [2.45, 2.75) is 312 Å². The highest BCUT2D eigenvalue weighted by molar-refractivity contribution is 5.71. The zero-order chi connectivity index (χ0) is 73.0. The Balaban J connectivity index is 0.000000128. The summed E-state index contributed by atoms with van der Waals surface area (Å²) < 4.78 is 6.02. The minimum Gasteiger partial charge on any atom is -0.374 e. The predicted molar refractivity (Wildman–Crippen MR) is 434 cm³/mol. The van der Waals surface area contributed by atoms with Gasteiger partial charge in [-0.25, -0.2) is 0 Å². The largest absolute Gasteiger partial charge is 0.374 e. The summed E-state index contributed by atoms with van der Waals surface area (Å²) in [6.45, 7) is 72.4. The molecule has 5 heterocycles. The monoisotopic (exact) mass is 1370 g/mol. The van der Waals surface area contributed by atoms with Crippen molar-refractivity contribution < 1.29 is 4.74 Å². The molecule has 3 nitrogen and oxygen atoms in total. The summed E-state index contributed by atoms with van der Waals surface area (Å²) in [5, 5.41) is 0. The molecule has 1 spiro atoms. The SMILES string of the molecule is CC(C)[C@@H]1[C@@H](C(C)C)N2CCN1CC2.CC(C)[C@H]1C2C=CC(C2)[C@@H]1C(C)C.CC(C)[C@H]1C2CCC(C2)[C@@H]1C(C)C.CC(C)[C@H]1C2CCC(CC2)[C@@H]1C(C)C.CC(C)[C@H]1C2CCC(O2)[C@@H]1C(C)C.CC(C)[C@H]1C2c3ccccc3C23c2ccccc2C3[C@@H]1C(C)C.CC(C)[C@H]1CC[C@@H]1C(C)C. The molecule has 5 aliphatic heterocycles. The smallest absolute Gasteiger partial charge is 0.0614 e. The van der Waals surface area contributed by atoms with Gasteiger partial charge in [0, 0.05) is 55.5 Å². The van der Waals surface area contributed by atoms with E-state index in [1.54, 1.807) is 28.7 Å². The molecule has 18 rings (SSSR count). The van der Waals surface area contributed by atoms with Crippen LogP contribution in [0.3, 0.4) is 0 Å². The van der Waals surface area contributed by atoms with Crippen molar-refractivity contribution in [3.05, 3.63) is 82.9 Å². The van der Waals surface area contributed by atoms with Gasteiger partial charge in [-0.3, -0.25) is 9.80 Å². The van der Waals surface area contributed by atoms with Crippen LogP contribution in [0.4, 0.5) is 0 Å². The average Bonchev–Trinajstić information content (AvgIpc) is 1.42. The zero-order valence-electron chi connectivity index (χ0n) is 70.8. The summed E-state index contributed by atoms with van der Waals surface area (Å²) in [4.78, 5) is 5.44. The lowest BCUT2D eigenvalue weighted by atomic mass is 9.43. The van der Waals surface area contributed by atoms with Crippen LogP contribution in [0.15, 0.2) is 60.7 Å². The Morgan fingerprint density at radius 3 is 0.860 bits per heavy atom. The van der Waals surface area contributed by atoms with Gasteiger partial charge in [0.2, 0.25) is 0 Å². The first-order valence-electron chi connectivity index (χ1n) is 44.3. The molecule has 16 aliphatic rings. The molecule has 2 aromatic carbocycles. The summed E-state index contributed by atoms with van der Waals surface area (Å²) >= 11 is 0. The van der Waals surface area contributed by atoms with Gasteiger partial charge < -0.3 is 4.74 Å². The molecule has 8 saturated carbocycles. The summed E-state index contributed by atoms with van der Waals surface area (Å²) in [6, 6.07) is 20.2. The number of hydrogen-bond donors (Lipinski definition) is 0. The van der Waals surface area contributed by atoms with Crippen molar-refractivity contribution in [3.63, 3.8) is 0 Å². The molecule has 0 radical (unpaired) electrons. The third-order valence-electron chi connectivity index (χ3n) is 31.7. The molecule has 100 heavy (non-hydrogen) atoms. The molecule has 22 atom stereocenters. The zero-order valence-corrected chi connectivity index (χ0v) is 70.8. The van der Waals surface area contributed by atoms with Gasteiger partial charge in [-0.1, -0.05) is 255 Å². The molecule has 8 unspecified atom stereocenters. The predicted octanol–water partition coefficient (Wildman–Crippen LogP) is 25.9. The highest BCUT2D eigenvalue weighted by atomic mass is 16.5. The van der Waals surface area contributed by atoms with Crippen LogP contribution in [0, 0.1) is 189 Å². The number of hydrogen-bond acceptors (Lipinski definition) is 3. The van der Waals surface area contributed by atoms with Crippen LogP contribution in [-0.2, 0) is 10.2 Å². The molecule has 3 heteroatoms. The van der Waals surface area contributed by atoms with Crippen LogP contribution in [0.1, 0.15) is 305 Å². The van der Waals surface area contributed by atoms with Crippen LogP contribution in [0.2, 0.25) is 0 Å². The fourth-order valence-electron chi connectivity index (χ4n) is 28.5. The second-order valence-corrected chi connectivity index (χ2v) is 41.9. The van der Waals surface area contributed by atoms with Crippen LogP contribution in [0.25, 0.3) is 0 Å². The summed E-state index contributed by atoms with van der Waals surface area (Å²) in [7, 11) is 0. The quantitative estimate of drug-likeness (QED) is 0.175. The molecule has 0 aromatic heterocycles. The van der Waals surface area contributed by atoms with Crippen molar-refractivity contribution in [1.82, 2.24) is 9.80 Å². The Morgan fingerprint density at radius 2 is 0.580 bits per heavy atom. The Hall–Kier alpha value is -1.94. The Labute approximate surface area is 621 Å². The van der Waals surface area contributed by atoms with Gasteiger partial charge in [-0.05, 0) is 289 Å². The number of ether oxygens (including phenoxy) is 1. The van der Waals surface area contributed by atoms with Crippen LogP contribution in [0.5, 0.6) is 0 Å². The molecule has 11 aliphatic carbocycles. The minimum absolute atomic E-state index is 0.344. The molecule has 0 N–H and O–H groups in total. The number of piperazine rings is 3. The number of nitrogens with zero attached hydrogens (tertiary/aromatic N) is 2. The standard InChI is InChI=1S/C23H26.C14H26.C13H24.C13H22.C12H24N2.C12H22O.C10H20/c1-13(2)19-20(14(3)4)22-16-10-6-8-12-18(16)23(22)17-11-7-5-9-15(17)21(19)23;1-9(2)13-11-5-7-12(8-6-11)14(13)10(3)4;2*1-8(2)12-10-5-6-11(7-10)13(12)9(3)4;1-9(2)11-12(10(3)4)14-7-5-13(11)6-8-14;1-7(2)11-9-5-6-10(13-9)12(11)8(3)4;1-7(2)9-5-6-10(9)8(3)4/h5-14,19-22H,1-4H3;9-14H,5-8H2,1-4H3;8-13H,5-7H2,1-4H3;5-6,8-13H,7H2,1-4H3;9-12H,5-8H2,1-4H3;7-12H,5-6H2,1-4H3;7-10H,5-6H2,1-4H3/t19-,20-,21?,22?,23?;11?,12?,13-,14-;2*10?,11?,12-,13-;11-,12-;9?,10?,11-,12-;9-,10-/m1000101/s1. The first-order chi connectivity index (χ1) is 47.3. The maximum Gasteiger partial charge on any atom is 0.0614 e. The van der Waals surface area contributed by atoms with E-state index in [0.29, 0.717) is 17.6 Å². The third kappa shape index (κ3) is 15.6. The van der Waals surface area contributed by atoms with Gasteiger partial charge in [-0.15, -0.1) is 0 Å². The summed E-state index contributed by atoms with van der Waals surface area (Å²) in [5.74, 6) is 31.1. The van der Waals surface area contributed by atoms with Crippen molar-refractivity contribution in [1.29, 1.82) is 0 Å². The average molecular weight is 1370 g/mol. The maximum atomic E-state index is 6.02. The molecular weight excluding hydrogens is 1210 g/mol. The van der Waals surface area contributed by atoms with Crippen molar-refractivity contribution in [2.75, 3.05) is 26.2 Å². The number of benzene rings is 2. The van der Waals surface area contributed by atoms with E-state index in [2.05, 4.69) is 264 Å². The Bertz CT molecular complexity index is 2570. The van der Waals surface area contributed by atoms with E-state index in [1.807, 2.05) is 0 Å². The van der Waals surface area contributed by atoms with E-state index < -0.39 is 0 Å².